The zero-order chi connectivity index (χ0) is 22.1. The number of hydrogen-bond acceptors (Lipinski definition) is 7. The van der Waals surface area contributed by atoms with Crippen LogP contribution in [0.4, 0.5) is 5.69 Å². The van der Waals surface area contributed by atoms with Crippen LogP contribution in [0.3, 0.4) is 0 Å². The van der Waals surface area contributed by atoms with E-state index in [4.69, 9.17) is 0 Å². The number of nitrogens with one attached hydrogen (secondary N) is 1. The van der Waals surface area contributed by atoms with E-state index in [2.05, 4.69) is 61.1 Å². The second-order valence-corrected chi connectivity index (χ2v) is 9.55. The summed E-state index contributed by atoms with van der Waals surface area (Å²) >= 11 is 0. The minimum Gasteiger partial charge on any atom is -0.369 e. The molecule has 0 saturated carbocycles. The summed E-state index contributed by atoms with van der Waals surface area (Å²) < 4.78 is 0. The maximum Gasteiger partial charge on any atom is 0.224 e. The molecule has 8 nitrogen and oxygen atoms in total. The van der Waals surface area contributed by atoms with Gasteiger partial charge in [-0.25, -0.2) is 0 Å². The van der Waals surface area contributed by atoms with E-state index in [0.717, 1.165) is 81.1 Å². The molecule has 0 aliphatic carbocycles. The first-order valence-corrected chi connectivity index (χ1v) is 11.8. The van der Waals surface area contributed by atoms with Crippen molar-refractivity contribution in [3.63, 3.8) is 0 Å². The number of carbonyl (C=O) groups excluding carboxylic acids is 1. The molecule has 4 heterocycles. The van der Waals surface area contributed by atoms with E-state index >= 15 is 0 Å². The van der Waals surface area contributed by atoms with Crippen LogP contribution in [-0.2, 0) is 4.79 Å². The summed E-state index contributed by atoms with van der Waals surface area (Å²) in [7, 11) is 2.16. The Morgan fingerprint density at radius 1 is 1.09 bits per heavy atom. The highest BCUT2D eigenvalue weighted by Crippen LogP contribution is 2.36. The van der Waals surface area contributed by atoms with Gasteiger partial charge in [-0.3, -0.25) is 24.7 Å². The first-order valence-electron chi connectivity index (χ1n) is 11.8. The van der Waals surface area contributed by atoms with Crippen LogP contribution in [0.25, 0.3) is 11.0 Å². The van der Waals surface area contributed by atoms with Gasteiger partial charge in [0.15, 0.2) is 0 Å². The Morgan fingerprint density at radius 2 is 1.84 bits per heavy atom. The average molecular weight is 436 g/mol. The van der Waals surface area contributed by atoms with E-state index in [1.54, 1.807) is 12.4 Å². The van der Waals surface area contributed by atoms with E-state index in [1.165, 1.54) is 0 Å². The van der Waals surface area contributed by atoms with Crippen LogP contribution in [0.15, 0.2) is 29.5 Å². The number of anilines is 1. The minimum absolute atomic E-state index is 0.00981. The average Bonchev–Trinajstić information content (AvgIpc) is 3.64. The predicted molar refractivity (Wildman–Crippen MR) is 127 cm³/mol. The van der Waals surface area contributed by atoms with Crippen LogP contribution < -0.4 is 10.2 Å². The molecule has 2 saturated heterocycles. The van der Waals surface area contributed by atoms with Gasteiger partial charge in [0, 0.05) is 76.5 Å². The molecule has 2 aromatic rings. The quantitative estimate of drug-likeness (QED) is 0.743. The number of hydrogen-bond donors (Lipinski definition) is 1. The fourth-order valence-electron chi connectivity index (χ4n) is 5.05. The van der Waals surface area contributed by atoms with Gasteiger partial charge in [0.25, 0.3) is 0 Å². The summed E-state index contributed by atoms with van der Waals surface area (Å²) in [6.45, 7) is 9.89. The second-order valence-electron chi connectivity index (χ2n) is 9.55. The number of fused-ring (bicyclic) bond motifs is 1. The molecule has 32 heavy (non-hydrogen) atoms. The minimum atomic E-state index is -0.00981. The third-order valence-electron chi connectivity index (χ3n) is 6.95. The molecule has 1 amide bonds. The summed E-state index contributed by atoms with van der Waals surface area (Å²) in [6, 6.07) is 4.39. The predicted octanol–water partition coefficient (Wildman–Crippen LogP) is 1.58. The largest absolute Gasteiger partial charge is 0.369 e. The lowest BCUT2D eigenvalue weighted by Gasteiger charge is -2.38. The standard InChI is InChI=1S/C24H33N7O/c1-17-13-18(24(32)27-7-8-30-11-9-29(2)10-12-30)16-31(15-17)21-4-3-19(20-14-28-20)22-23(21)26-6-5-25-22/h3-6,14,17-18,20H,7-13,15-16H2,1-2H3,(H,27,32). The molecule has 1 N–H and O–H groups in total. The summed E-state index contributed by atoms with van der Waals surface area (Å²) in [5.74, 6) is 0.605. The number of carbonyl (C=O) groups is 1. The van der Waals surface area contributed by atoms with Gasteiger partial charge in [-0.05, 0) is 25.5 Å². The van der Waals surface area contributed by atoms with Crippen LogP contribution in [0.5, 0.6) is 0 Å². The van der Waals surface area contributed by atoms with E-state index in [9.17, 15) is 4.79 Å². The number of aliphatic imine (C=N–C) groups is 1. The molecular formula is C24H33N7O. The zero-order valence-corrected chi connectivity index (χ0v) is 19.1. The first kappa shape index (κ1) is 21.3. The van der Waals surface area contributed by atoms with Crippen LogP contribution in [0.1, 0.15) is 24.9 Å². The SMILES string of the molecule is CC1CC(C(=O)NCCN2CCN(C)CC2)CN(c2ccc(C3C=N3)c3nccnc23)C1. The summed E-state index contributed by atoms with van der Waals surface area (Å²) in [5.41, 5.74) is 4.00. The van der Waals surface area contributed by atoms with Gasteiger partial charge in [-0.15, -0.1) is 0 Å². The van der Waals surface area contributed by atoms with Crippen LogP contribution in [0.2, 0.25) is 0 Å². The Hall–Kier alpha value is -2.58. The number of nitrogens with zero attached hydrogens (tertiary/aromatic N) is 6. The maximum atomic E-state index is 13.0. The highest BCUT2D eigenvalue weighted by molar-refractivity contribution is 5.95. The van der Waals surface area contributed by atoms with E-state index < -0.39 is 0 Å². The zero-order valence-electron chi connectivity index (χ0n) is 19.1. The van der Waals surface area contributed by atoms with Gasteiger partial charge in [-0.2, -0.15) is 0 Å². The van der Waals surface area contributed by atoms with Crippen molar-refractivity contribution < 1.29 is 4.79 Å². The van der Waals surface area contributed by atoms with Crippen molar-refractivity contribution in [3.8, 4) is 0 Å². The lowest BCUT2D eigenvalue weighted by atomic mass is 9.89. The van der Waals surface area contributed by atoms with Crippen molar-refractivity contribution in [3.05, 3.63) is 30.1 Å². The molecule has 3 unspecified atom stereocenters. The number of piperidine rings is 1. The highest BCUT2D eigenvalue weighted by atomic mass is 16.1. The number of rotatable bonds is 6. The number of likely N-dealkylation sites (N-methyl/N-ethyl adjacent to an activating group) is 1. The van der Waals surface area contributed by atoms with Gasteiger partial charge < -0.3 is 15.1 Å². The monoisotopic (exact) mass is 435 g/mol. The Bertz CT molecular complexity index is 995. The van der Waals surface area contributed by atoms with E-state index in [1.807, 2.05) is 6.21 Å². The fourth-order valence-corrected chi connectivity index (χ4v) is 5.05. The summed E-state index contributed by atoms with van der Waals surface area (Å²) in [6.07, 6.45) is 6.36. The lowest BCUT2D eigenvalue weighted by molar-refractivity contribution is -0.125. The van der Waals surface area contributed by atoms with E-state index in [0.29, 0.717) is 5.92 Å². The van der Waals surface area contributed by atoms with Gasteiger partial charge in [-0.1, -0.05) is 13.0 Å². The van der Waals surface area contributed by atoms with Gasteiger partial charge in [0.2, 0.25) is 5.91 Å². The van der Waals surface area contributed by atoms with Crippen molar-refractivity contribution in [2.24, 2.45) is 16.8 Å². The third kappa shape index (κ3) is 4.61. The normalized spacial score (nSPS) is 26.4. The van der Waals surface area contributed by atoms with Crippen LogP contribution in [0, 0.1) is 11.8 Å². The Labute approximate surface area is 189 Å². The van der Waals surface area contributed by atoms with Gasteiger partial charge >= 0.3 is 0 Å². The number of aromatic nitrogens is 2. The van der Waals surface area contributed by atoms with Crippen molar-refractivity contribution in [2.75, 3.05) is 64.3 Å². The van der Waals surface area contributed by atoms with Crippen molar-refractivity contribution in [1.82, 2.24) is 25.1 Å². The second kappa shape index (κ2) is 9.11. The summed E-state index contributed by atoms with van der Waals surface area (Å²) in [4.78, 5) is 33.7. The van der Waals surface area contributed by atoms with Crippen molar-refractivity contribution in [2.45, 2.75) is 19.4 Å². The third-order valence-corrected chi connectivity index (χ3v) is 6.95. The molecule has 5 rings (SSSR count). The van der Waals surface area contributed by atoms with E-state index in [-0.39, 0.29) is 17.9 Å². The lowest BCUT2D eigenvalue weighted by Crippen LogP contribution is -2.49. The van der Waals surface area contributed by atoms with Crippen LogP contribution in [-0.4, -0.2) is 91.3 Å². The first-order chi connectivity index (χ1) is 15.6. The molecule has 8 heteroatoms. The van der Waals surface area contributed by atoms with Crippen molar-refractivity contribution >= 4 is 28.8 Å². The molecule has 1 aromatic carbocycles. The Kier molecular flexibility index (Phi) is 6.06. The molecule has 3 atom stereocenters. The molecule has 1 aromatic heterocycles. The molecule has 0 radical (unpaired) electrons. The molecule has 3 aliphatic rings. The van der Waals surface area contributed by atoms with Crippen LogP contribution >= 0.6 is 0 Å². The smallest absolute Gasteiger partial charge is 0.224 e. The van der Waals surface area contributed by atoms with Crippen molar-refractivity contribution in [1.29, 1.82) is 0 Å². The van der Waals surface area contributed by atoms with Gasteiger partial charge in [0.1, 0.15) is 11.6 Å². The molecule has 3 aliphatic heterocycles. The fraction of sp³-hybridized carbons (Fsp3) is 0.583. The number of piperazine rings is 1. The molecular weight excluding hydrogens is 402 g/mol. The molecule has 0 spiro atoms. The summed E-state index contributed by atoms with van der Waals surface area (Å²) in [5, 5.41) is 3.21. The Morgan fingerprint density at radius 3 is 2.59 bits per heavy atom. The Balaban J connectivity index is 1.24. The molecule has 2 fully saturated rings. The number of amides is 1. The van der Waals surface area contributed by atoms with Gasteiger partial charge in [0.05, 0.1) is 17.1 Å². The maximum absolute atomic E-state index is 13.0. The highest BCUT2D eigenvalue weighted by Gasteiger charge is 2.31. The topological polar surface area (TPSA) is 77.0 Å². The molecule has 170 valence electrons. The molecule has 0 bridgehead atoms. The number of benzene rings is 1.